The summed E-state index contributed by atoms with van der Waals surface area (Å²) in [5.41, 5.74) is 2.87. The van der Waals surface area contributed by atoms with Crippen LogP contribution in [0.1, 0.15) is 47.6 Å². The highest BCUT2D eigenvalue weighted by Gasteiger charge is 2.21. The van der Waals surface area contributed by atoms with Crippen LogP contribution in [0.2, 0.25) is 0 Å². The van der Waals surface area contributed by atoms with Gasteiger partial charge in [-0.25, -0.2) is 4.79 Å². The van der Waals surface area contributed by atoms with Gasteiger partial charge in [0.05, 0.1) is 25.3 Å². The highest BCUT2D eigenvalue weighted by molar-refractivity contribution is 5.97. The first-order chi connectivity index (χ1) is 14.1. The Hall–Kier alpha value is -3.22. The maximum absolute atomic E-state index is 12.6. The van der Waals surface area contributed by atoms with Crippen LogP contribution in [-0.4, -0.2) is 29.7 Å². The Labute approximate surface area is 168 Å². The number of imidazole rings is 1. The number of carbonyl (C=O) groups excluding carboxylic acids is 1. The van der Waals surface area contributed by atoms with Gasteiger partial charge in [-0.2, -0.15) is 0 Å². The van der Waals surface area contributed by atoms with E-state index in [1.165, 1.54) is 0 Å². The summed E-state index contributed by atoms with van der Waals surface area (Å²) >= 11 is 0. The number of aromatic amines is 1. The maximum atomic E-state index is 12.6. The van der Waals surface area contributed by atoms with E-state index in [1.54, 1.807) is 26.4 Å². The van der Waals surface area contributed by atoms with Crippen LogP contribution >= 0.6 is 0 Å². The molecule has 0 aliphatic heterocycles. The molecule has 1 saturated carbocycles. The number of carbonyl (C=O) groups is 1. The molecule has 1 heterocycles. The number of rotatable bonds is 6. The number of aromatic nitrogens is 2. The molecule has 0 unspecified atom stereocenters. The van der Waals surface area contributed by atoms with E-state index in [4.69, 9.17) is 9.47 Å². The van der Waals surface area contributed by atoms with Crippen LogP contribution in [0, 0.1) is 0 Å². The van der Waals surface area contributed by atoms with Crippen LogP contribution in [0.25, 0.3) is 11.0 Å². The van der Waals surface area contributed by atoms with Gasteiger partial charge in [0.2, 0.25) is 0 Å². The largest absolute Gasteiger partial charge is 0.493 e. The van der Waals surface area contributed by atoms with E-state index < -0.39 is 0 Å². The SMILES string of the molecule is COc1ccc(CNC(=O)c2ccc3c(c2)[nH]c(=O)n3C2CCCC2)cc1OC. The Morgan fingerprint density at radius 3 is 2.59 bits per heavy atom. The Kier molecular flexibility index (Phi) is 5.29. The van der Waals surface area contributed by atoms with Gasteiger partial charge in [0, 0.05) is 18.2 Å². The second kappa shape index (κ2) is 8.03. The number of methoxy groups -OCH3 is 2. The smallest absolute Gasteiger partial charge is 0.326 e. The fourth-order valence-corrected chi connectivity index (χ4v) is 4.07. The zero-order valence-corrected chi connectivity index (χ0v) is 16.7. The van der Waals surface area contributed by atoms with Gasteiger partial charge in [0.1, 0.15) is 0 Å². The molecule has 4 rings (SSSR count). The molecule has 0 radical (unpaired) electrons. The molecular weight excluding hydrogens is 370 g/mol. The first-order valence-corrected chi connectivity index (χ1v) is 9.84. The predicted octanol–water partition coefficient (Wildman–Crippen LogP) is 3.39. The first-order valence-electron chi connectivity index (χ1n) is 9.84. The minimum Gasteiger partial charge on any atom is -0.493 e. The van der Waals surface area contributed by atoms with Crippen LogP contribution in [-0.2, 0) is 6.54 Å². The molecule has 7 nitrogen and oxygen atoms in total. The fraction of sp³-hybridized carbons (Fsp3) is 0.364. The number of hydrogen-bond acceptors (Lipinski definition) is 4. The van der Waals surface area contributed by atoms with Gasteiger partial charge < -0.3 is 19.8 Å². The highest BCUT2D eigenvalue weighted by atomic mass is 16.5. The fourth-order valence-electron chi connectivity index (χ4n) is 4.07. The predicted molar refractivity (Wildman–Crippen MR) is 111 cm³/mol. The third-order valence-corrected chi connectivity index (χ3v) is 5.57. The Morgan fingerprint density at radius 2 is 1.86 bits per heavy atom. The van der Waals surface area contributed by atoms with Gasteiger partial charge in [-0.1, -0.05) is 18.9 Å². The lowest BCUT2D eigenvalue weighted by atomic mass is 10.1. The Balaban J connectivity index is 1.51. The minimum absolute atomic E-state index is 0.102. The zero-order chi connectivity index (χ0) is 20.4. The summed E-state index contributed by atoms with van der Waals surface area (Å²) in [7, 11) is 3.16. The third kappa shape index (κ3) is 3.72. The van der Waals surface area contributed by atoms with Crippen molar-refractivity contribution in [2.45, 2.75) is 38.3 Å². The average molecular weight is 395 g/mol. The number of H-pyrrole nitrogens is 1. The second-order valence-corrected chi connectivity index (χ2v) is 7.34. The number of benzene rings is 2. The number of ether oxygens (including phenoxy) is 2. The molecule has 7 heteroatoms. The van der Waals surface area contributed by atoms with Crippen LogP contribution in [0.3, 0.4) is 0 Å². The second-order valence-electron chi connectivity index (χ2n) is 7.34. The Morgan fingerprint density at radius 1 is 1.10 bits per heavy atom. The number of nitrogens with one attached hydrogen (secondary N) is 2. The lowest BCUT2D eigenvalue weighted by molar-refractivity contribution is 0.0951. The molecule has 152 valence electrons. The molecule has 1 aromatic heterocycles. The molecule has 2 N–H and O–H groups in total. The average Bonchev–Trinajstić information content (AvgIpc) is 3.37. The van der Waals surface area contributed by atoms with Crippen molar-refractivity contribution in [2.75, 3.05) is 14.2 Å². The summed E-state index contributed by atoms with van der Waals surface area (Å²) in [5, 5.41) is 2.91. The minimum atomic E-state index is -0.198. The van der Waals surface area contributed by atoms with Crippen molar-refractivity contribution in [3.63, 3.8) is 0 Å². The molecular formula is C22H25N3O4. The topological polar surface area (TPSA) is 85.4 Å². The van der Waals surface area contributed by atoms with Crippen molar-refractivity contribution in [3.05, 3.63) is 58.0 Å². The molecule has 0 atom stereocenters. The van der Waals surface area contributed by atoms with Gasteiger partial charge in [0.25, 0.3) is 5.91 Å². The maximum Gasteiger partial charge on any atom is 0.326 e. The molecule has 0 saturated heterocycles. The summed E-state index contributed by atoms with van der Waals surface area (Å²) in [6, 6.07) is 11.1. The molecule has 2 aromatic carbocycles. The molecule has 0 spiro atoms. The van der Waals surface area contributed by atoms with E-state index in [0.717, 1.165) is 36.8 Å². The Bertz CT molecular complexity index is 1090. The van der Waals surface area contributed by atoms with Crippen LogP contribution < -0.4 is 20.5 Å². The molecule has 29 heavy (non-hydrogen) atoms. The quantitative estimate of drug-likeness (QED) is 0.670. The van der Waals surface area contributed by atoms with Gasteiger partial charge >= 0.3 is 5.69 Å². The van der Waals surface area contributed by atoms with Crippen LogP contribution in [0.15, 0.2) is 41.2 Å². The standard InChI is InChI=1S/C22H25N3O4/c1-28-19-10-7-14(11-20(19)29-2)13-23-21(26)15-8-9-18-17(12-15)24-22(27)25(18)16-5-3-4-6-16/h7-12,16H,3-6,13H2,1-2H3,(H,23,26)(H,24,27). The van der Waals surface area contributed by atoms with Crippen molar-refractivity contribution in [3.8, 4) is 11.5 Å². The molecule has 1 aliphatic rings. The molecule has 1 aliphatic carbocycles. The number of nitrogens with zero attached hydrogens (tertiary/aromatic N) is 1. The lowest BCUT2D eigenvalue weighted by Gasteiger charge is -2.12. The monoisotopic (exact) mass is 395 g/mol. The van der Waals surface area contributed by atoms with E-state index >= 15 is 0 Å². The van der Waals surface area contributed by atoms with Crippen molar-refractivity contribution in [2.24, 2.45) is 0 Å². The summed E-state index contributed by atoms with van der Waals surface area (Å²) in [6.45, 7) is 0.358. The normalized spacial score (nSPS) is 14.3. The summed E-state index contributed by atoms with van der Waals surface area (Å²) in [5.74, 6) is 1.06. The number of fused-ring (bicyclic) bond motifs is 1. The van der Waals surface area contributed by atoms with E-state index in [9.17, 15) is 9.59 Å². The summed E-state index contributed by atoms with van der Waals surface area (Å²) in [6.07, 6.45) is 4.36. The highest BCUT2D eigenvalue weighted by Crippen LogP contribution is 2.31. The van der Waals surface area contributed by atoms with Crippen molar-refractivity contribution >= 4 is 16.9 Å². The third-order valence-electron chi connectivity index (χ3n) is 5.57. The van der Waals surface area contributed by atoms with Gasteiger partial charge in [-0.15, -0.1) is 0 Å². The van der Waals surface area contributed by atoms with Crippen LogP contribution in [0.5, 0.6) is 11.5 Å². The van der Waals surface area contributed by atoms with E-state index in [2.05, 4.69) is 10.3 Å². The van der Waals surface area contributed by atoms with E-state index in [0.29, 0.717) is 29.1 Å². The van der Waals surface area contributed by atoms with Gasteiger partial charge in [-0.05, 0) is 48.7 Å². The van der Waals surface area contributed by atoms with E-state index in [-0.39, 0.29) is 17.6 Å². The van der Waals surface area contributed by atoms with Crippen LogP contribution in [0.4, 0.5) is 0 Å². The van der Waals surface area contributed by atoms with Crippen molar-refractivity contribution < 1.29 is 14.3 Å². The first kappa shape index (κ1) is 19.1. The number of hydrogen-bond donors (Lipinski definition) is 2. The van der Waals surface area contributed by atoms with Crippen molar-refractivity contribution in [1.82, 2.24) is 14.9 Å². The molecule has 3 aromatic rings. The summed E-state index contributed by atoms with van der Waals surface area (Å²) < 4.78 is 12.4. The van der Waals surface area contributed by atoms with E-state index in [1.807, 2.05) is 28.8 Å². The van der Waals surface area contributed by atoms with Gasteiger partial charge in [-0.3, -0.25) is 9.36 Å². The number of amides is 1. The molecule has 0 bridgehead atoms. The zero-order valence-electron chi connectivity index (χ0n) is 16.7. The molecule has 1 amide bonds. The molecule has 1 fully saturated rings. The summed E-state index contributed by atoms with van der Waals surface area (Å²) in [4.78, 5) is 27.9. The van der Waals surface area contributed by atoms with Crippen molar-refractivity contribution in [1.29, 1.82) is 0 Å². The lowest BCUT2D eigenvalue weighted by Crippen LogP contribution is -2.22. The van der Waals surface area contributed by atoms with Gasteiger partial charge in [0.15, 0.2) is 11.5 Å².